The van der Waals surface area contributed by atoms with Crippen LogP contribution < -0.4 is 0 Å². The van der Waals surface area contributed by atoms with Crippen LogP contribution in [0.1, 0.15) is 30.4 Å². The summed E-state index contributed by atoms with van der Waals surface area (Å²) < 4.78 is 0. The van der Waals surface area contributed by atoms with Crippen LogP contribution in [0.2, 0.25) is 0 Å². The van der Waals surface area contributed by atoms with Gasteiger partial charge in [-0.1, -0.05) is 23.9 Å². The van der Waals surface area contributed by atoms with E-state index in [0.29, 0.717) is 5.25 Å². The van der Waals surface area contributed by atoms with Crippen molar-refractivity contribution in [1.82, 2.24) is 4.98 Å². The molecule has 0 aliphatic carbocycles. The number of aliphatic imine (C=N–C) groups is 1. The zero-order chi connectivity index (χ0) is 13.4. The summed E-state index contributed by atoms with van der Waals surface area (Å²) in [7, 11) is 0. The maximum absolute atomic E-state index is 9.15. The molecule has 2 atom stereocenters. The standard InChI is InChI=1S/C15H16N2OS/c1-9-15(19-10(2)16-9)14-6-4-12-7-11(8-18)3-5-13(12)17-14/h3-7,9,15,18H,8H2,1-2H3. The molecule has 0 bridgehead atoms. The minimum atomic E-state index is 0.0697. The Morgan fingerprint density at radius 2 is 2.11 bits per heavy atom. The van der Waals surface area contributed by atoms with Gasteiger partial charge in [-0.3, -0.25) is 9.98 Å². The molecular weight excluding hydrogens is 256 g/mol. The maximum Gasteiger partial charge on any atom is 0.0749 e. The second kappa shape index (κ2) is 4.94. The lowest BCUT2D eigenvalue weighted by Crippen LogP contribution is -2.06. The topological polar surface area (TPSA) is 45.5 Å². The fourth-order valence-corrected chi connectivity index (χ4v) is 3.53. The monoisotopic (exact) mass is 272 g/mol. The van der Waals surface area contributed by atoms with Gasteiger partial charge in [-0.15, -0.1) is 0 Å². The van der Waals surface area contributed by atoms with E-state index in [1.54, 1.807) is 11.8 Å². The third-order valence-corrected chi connectivity index (χ3v) is 4.71. The lowest BCUT2D eigenvalue weighted by Gasteiger charge is -2.13. The Morgan fingerprint density at radius 1 is 1.26 bits per heavy atom. The normalized spacial score (nSPS) is 22.8. The van der Waals surface area contributed by atoms with Crippen LogP contribution >= 0.6 is 11.8 Å². The predicted molar refractivity (Wildman–Crippen MR) is 80.6 cm³/mol. The summed E-state index contributed by atoms with van der Waals surface area (Å²) in [4.78, 5) is 9.30. The van der Waals surface area contributed by atoms with Gasteiger partial charge in [-0.05, 0) is 37.6 Å². The Morgan fingerprint density at radius 3 is 2.79 bits per heavy atom. The zero-order valence-corrected chi connectivity index (χ0v) is 11.8. The van der Waals surface area contributed by atoms with Crippen molar-refractivity contribution in [1.29, 1.82) is 0 Å². The molecule has 1 aliphatic heterocycles. The summed E-state index contributed by atoms with van der Waals surface area (Å²) in [5.41, 5.74) is 2.99. The summed E-state index contributed by atoms with van der Waals surface area (Å²) in [5.74, 6) is 0. The number of benzene rings is 1. The van der Waals surface area contributed by atoms with Gasteiger partial charge in [-0.2, -0.15) is 0 Å². The number of pyridine rings is 1. The first-order valence-corrected chi connectivity index (χ1v) is 7.27. The molecule has 0 saturated carbocycles. The molecule has 98 valence electrons. The predicted octanol–water partition coefficient (Wildman–Crippen LogP) is 3.32. The van der Waals surface area contributed by atoms with E-state index in [0.717, 1.165) is 27.2 Å². The Bertz CT molecular complexity index is 654. The van der Waals surface area contributed by atoms with E-state index in [1.807, 2.05) is 18.2 Å². The molecule has 0 fully saturated rings. The van der Waals surface area contributed by atoms with Gasteiger partial charge in [0.15, 0.2) is 0 Å². The van der Waals surface area contributed by atoms with E-state index in [4.69, 9.17) is 10.1 Å². The SMILES string of the molecule is CC1=NC(C)C(c2ccc3cc(CO)ccc3n2)S1. The summed E-state index contributed by atoms with van der Waals surface area (Å²) in [6.45, 7) is 4.25. The maximum atomic E-state index is 9.15. The van der Waals surface area contributed by atoms with Crippen LogP contribution in [0.25, 0.3) is 10.9 Å². The molecule has 1 aromatic heterocycles. The first kappa shape index (κ1) is 12.6. The highest BCUT2D eigenvalue weighted by Gasteiger charge is 2.27. The number of aliphatic hydroxyl groups is 1. The van der Waals surface area contributed by atoms with E-state index >= 15 is 0 Å². The van der Waals surface area contributed by atoms with E-state index < -0.39 is 0 Å². The fourth-order valence-electron chi connectivity index (χ4n) is 2.42. The second-order valence-electron chi connectivity index (χ2n) is 4.85. The Balaban J connectivity index is 1.98. The summed E-state index contributed by atoms with van der Waals surface area (Å²) in [6, 6.07) is 10.3. The molecule has 0 amide bonds. The molecule has 2 unspecified atom stereocenters. The summed E-state index contributed by atoms with van der Waals surface area (Å²) >= 11 is 1.79. The number of hydrogen-bond acceptors (Lipinski definition) is 4. The highest BCUT2D eigenvalue weighted by Crippen LogP contribution is 2.39. The minimum Gasteiger partial charge on any atom is -0.392 e. The number of hydrogen-bond donors (Lipinski definition) is 1. The highest BCUT2D eigenvalue weighted by atomic mass is 32.2. The molecule has 4 heteroatoms. The van der Waals surface area contributed by atoms with Crippen molar-refractivity contribution in [3.63, 3.8) is 0 Å². The Kier molecular flexibility index (Phi) is 3.29. The zero-order valence-electron chi connectivity index (χ0n) is 11.0. The number of rotatable bonds is 2. The largest absolute Gasteiger partial charge is 0.392 e. The molecule has 1 aliphatic rings. The van der Waals surface area contributed by atoms with E-state index in [1.165, 1.54) is 0 Å². The lowest BCUT2D eigenvalue weighted by molar-refractivity contribution is 0.282. The third kappa shape index (κ3) is 2.38. The average molecular weight is 272 g/mol. The first-order chi connectivity index (χ1) is 9.17. The van der Waals surface area contributed by atoms with Crippen molar-refractivity contribution in [2.45, 2.75) is 31.7 Å². The third-order valence-electron chi connectivity index (χ3n) is 3.37. The van der Waals surface area contributed by atoms with Crippen LogP contribution in [-0.2, 0) is 6.61 Å². The Labute approximate surface area is 116 Å². The number of aliphatic hydroxyl groups excluding tert-OH is 1. The molecule has 2 heterocycles. The first-order valence-electron chi connectivity index (χ1n) is 6.39. The van der Waals surface area contributed by atoms with Crippen molar-refractivity contribution in [3.8, 4) is 0 Å². The van der Waals surface area contributed by atoms with Crippen LogP contribution in [0.3, 0.4) is 0 Å². The second-order valence-corrected chi connectivity index (χ2v) is 6.18. The summed E-state index contributed by atoms with van der Waals surface area (Å²) in [6.07, 6.45) is 0. The van der Waals surface area contributed by atoms with Gasteiger partial charge < -0.3 is 5.11 Å². The average Bonchev–Trinajstić information content (AvgIpc) is 2.76. The lowest BCUT2D eigenvalue weighted by atomic mass is 10.1. The van der Waals surface area contributed by atoms with Gasteiger partial charge in [0.25, 0.3) is 0 Å². The molecule has 0 radical (unpaired) electrons. The summed E-state index contributed by atoms with van der Waals surface area (Å²) in [5, 5.41) is 11.7. The van der Waals surface area contributed by atoms with Crippen LogP contribution in [-0.4, -0.2) is 21.2 Å². The van der Waals surface area contributed by atoms with Crippen molar-refractivity contribution in [3.05, 3.63) is 41.6 Å². The van der Waals surface area contributed by atoms with Gasteiger partial charge in [0.2, 0.25) is 0 Å². The number of fused-ring (bicyclic) bond motifs is 1. The molecule has 3 nitrogen and oxygen atoms in total. The van der Waals surface area contributed by atoms with E-state index in [2.05, 4.69) is 31.0 Å². The van der Waals surface area contributed by atoms with Crippen molar-refractivity contribution in [2.75, 3.05) is 0 Å². The molecule has 1 N–H and O–H groups in total. The van der Waals surface area contributed by atoms with Crippen LogP contribution in [0, 0.1) is 0 Å². The van der Waals surface area contributed by atoms with Crippen molar-refractivity contribution >= 4 is 27.7 Å². The van der Waals surface area contributed by atoms with E-state index in [9.17, 15) is 0 Å². The molecule has 0 saturated heterocycles. The Hall–Kier alpha value is -1.39. The van der Waals surface area contributed by atoms with Gasteiger partial charge >= 0.3 is 0 Å². The smallest absolute Gasteiger partial charge is 0.0749 e. The number of nitrogens with zero attached hydrogens (tertiary/aromatic N) is 2. The van der Waals surface area contributed by atoms with Crippen LogP contribution in [0.15, 0.2) is 35.3 Å². The molecular formula is C15H16N2OS. The number of aromatic nitrogens is 1. The van der Waals surface area contributed by atoms with Gasteiger partial charge in [0.05, 0.1) is 34.2 Å². The fraction of sp³-hybridized carbons (Fsp3) is 0.333. The minimum absolute atomic E-state index is 0.0697. The highest BCUT2D eigenvalue weighted by molar-refractivity contribution is 8.14. The van der Waals surface area contributed by atoms with Crippen molar-refractivity contribution in [2.24, 2.45) is 4.99 Å². The molecule has 19 heavy (non-hydrogen) atoms. The quantitative estimate of drug-likeness (QED) is 0.912. The molecule has 0 spiro atoms. The van der Waals surface area contributed by atoms with Crippen LogP contribution in [0.5, 0.6) is 0 Å². The van der Waals surface area contributed by atoms with Crippen LogP contribution in [0.4, 0.5) is 0 Å². The molecule has 3 rings (SSSR count). The number of thioether (sulfide) groups is 1. The molecule has 1 aromatic carbocycles. The molecule has 2 aromatic rings. The van der Waals surface area contributed by atoms with Gasteiger partial charge in [-0.25, -0.2) is 0 Å². The van der Waals surface area contributed by atoms with Gasteiger partial charge in [0.1, 0.15) is 0 Å². The van der Waals surface area contributed by atoms with E-state index in [-0.39, 0.29) is 12.6 Å². The van der Waals surface area contributed by atoms with Gasteiger partial charge in [0, 0.05) is 5.39 Å². The van der Waals surface area contributed by atoms with Crippen molar-refractivity contribution < 1.29 is 5.11 Å².